The number of fused-ring (bicyclic) bond motifs is 9. The summed E-state index contributed by atoms with van der Waals surface area (Å²) in [5, 5.41) is 7.16. The normalized spacial score (nSPS) is 35.0. The van der Waals surface area contributed by atoms with Crippen LogP contribution in [0.25, 0.3) is 0 Å². The quantitative estimate of drug-likeness (QED) is 0.532. The average Bonchev–Trinajstić information content (AvgIpc) is 3.44. The highest BCUT2D eigenvalue weighted by molar-refractivity contribution is 8.00. The van der Waals surface area contributed by atoms with Crippen LogP contribution in [0, 0.1) is 29.6 Å². The van der Waals surface area contributed by atoms with Gasteiger partial charge in [0, 0.05) is 20.6 Å². The number of H-pyrrole nitrogens is 1. The number of carbonyl (C=O) groups is 2. The minimum Gasteiger partial charge on any atom is -0.307 e. The molecular weight excluding hydrogens is 454 g/mol. The Bertz CT molecular complexity index is 1200. The second-order valence-electron chi connectivity index (χ2n) is 9.40. The zero-order valence-electron chi connectivity index (χ0n) is 16.9. The molecule has 3 heterocycles. The molecule has 6 nitrogen and oxygen atoms in total. The molecule has 2 aromatic rings. The molecular formula is C22H20ClN3O3S2. The lowest BCUT2D eigenvalue weighted by Gasteiger charge is -2.47. The molecule has 2 aliphatic heterocycles. The van der Waals surface area contributed by atoms with Crippen LogP contribution in [0.5, 0.6) is 0 Å². The van der Waals surface area contributed by atoms with Crippen LogP contribution in [-0.2, 0) is 15.0 Å². The number of carbonyl (C=O) groups excluding carboxylic acids is 2. The molecule has 160 valence electrons. The fourth-order valence-electron chi connectivity index (χ4n) is 6.43. The van der Waals surface area contributed by atoms with Gasteiger partial charge in [-0.2, -0.15) is 10.1 Å². The van der Waals surface area contributed by atoms with Gasteiger partial charge in [0.2, 0.25) is 0 Å². The number of hydrogen-bond acceptors (Lipinski definition) is 6. The predicted molar refractivity (Wildman–Crippen MR) is 121 cm³/mol. The standard InChI is InChI=1S/C22H20ClN3O3S2/c1-22(2)15-11-7-12(16(15)30-18-17(22)31-21(29)25-18)14-13(11)19(27)26(20(14)28)24-8-9-3-5-10(23)6-4-9/h3-6,8,11-16H,7H2,1-2H3,(H,25,29)/b24-8+/t11-,12-,13?,14?,15?,16?/m0/s1. The third-order valence-corrected chi connectivity index (χ3v) is 10.6. The van der Waals surface area contributed by atoms with Gasteiger partial charge in [-0.15, -0.1) is 11.8 Å². The third-order valence-electron chi connectivity index (χ3n) is 7.56. The van der Waals surface area contributed by atoms with Crippen LogP contribution in [0.3, 0.4) is 0 Å². The number of thiazole rings is 1. The number of nitrogens with one attached hydrogen (secondary N) is 1. The van der Waals surface area contributed by atoms with E-state index < -0.39 is 0 Å². The number of halogens is 1. The summed E-state index contributed by atoms with van der Waals surface area (Å²) in [4.78, 5) is 42.6. The van der Waals surface area contributed by atoms with E-state index in [-0.39, 0.29) is 56.9 Å². The number of hydrazone groups is 1. The minimum atomic E-state index is -0.309. The summed E-state index contributed by atoms with van der Waals surface area (Å²) in [6, 6.07) is 7.10. The maximum absolute atomic E-state index is 13.3. The van der Waals surface area contributed by atoms with Crippen molar-refractivity contribution in [2.24, 2.45) is 34.7 Å². The molecule has 1 N–H and O–H groups in total. The van der Waals surface area contributed by atoms with Gasteiger partial charge in [0.25, 0.3) is 11.8 Å². The van der Waals surface area contributed by atoms with E-state index >= 15 is 0 Å². The van der Waals surface area contributed by atoms with Crippen molar-refractivity contribution in [2.75, 3.05) is 0 Å². The van der Waals surface area contributed by atoms with Crippen LogP contribution < -0.4 is 4.87 Å². The highest BCUT2D eigenvalue weighted by atomic mass is 35.5. The van der Waals surface area contributed by atoms with Gasteiger partial charge in [-0.05, 0) is 41.9 Å². The maximum Gasteiger partial charge on any atom is 0.305 e. The van der Waals surface area contributed by atoms with Crippen molar-refractivity contribution in [3.8, 4) is 0 Å². The van der Waals surface area contributed by atoms with Crippen molar-refractivity contribution >= 4 is 52.7 Å². The number of thioether (sulfide) groups is 1. The second-order valence-corrected chi connectivity index (χ2v) is 12.0. The molecule has 2 amide bonds. The molecule has 3 fully saturated rings. The smallest absolute Gasteiger partial charge is 0.305 e. The van der Waals surface area contributed by atoms with Crippen molar-refractivity contribution in [1.82, 2.24) is 9.99 Å². The summed E-state index contributed by atoms with van der Waals surface area (Å²) in [6.07, 6.45) is 2.44. The molecule has 0 spiro atoms. The van der Waals surface area contributed by atoms with Gasteiger partial charge in [0.15, 0.2) is 0 Å². The van der Waals surface area contributed by atoms with Crippen molar-refractivity contribution in [1.29, 1.82) is 0 Å². The molecule has 31 heavy (non-hydrogen) atoms. The number of rotatable bonds is 2. The Hall–Kier alpha value is -1.90. The first-order chi connectivity index (χ1) is 14.8. The number of aromatic nitrogens is 1. The highest BCUT2D eigenvalue weighted by Gasteiger charge is 2.71. The topological polar surface area (TPSA) is 82.6 Å². The van der Waals surface area contributed by atoms with Gasteiger partial charge in [-0.1, -0.05) is 48.9 Å². The van der Waals surface area contributed by atoms with Gasteiger partial charge in [0.1, 0.15) is 0 Å². The molecule has 6 atom stereocenters. The van der Waals surface area contributed by atoms with Gasteiger partial charge < -0.3 is 4.98 Å². The van der Waals surface area contributed by atoms with Crippen molar-refractivity contribution in [3.05, 3.63) is 49.4 Å². The predicted octanol–water partition coefficient (Wildman–Crippen LogP) is 3.74. The van der Waals surface area contributed by atoms with Crippen LogP contribution in [0.1, 0.15) is 30.7 Å². The van der Waals surface area contributed by atoms with Gasteiger partial charge in [-0.25, -0.2) is 0 Å². The molecule has 0 radical (unpaired) electrons. The third kappa shape index (κ3) is 2.64. The van der Waals surface area contributed by atoms with E-state index in [2.05, 4.69) is 23.9 Å². The molecule has 2 bridgehead atoms. The molecule has 1 aromatic heterocycles. The van der Waals surface area contributed by atoms with Crippen LogP contribution in [0.4, 0.5) is 0 Å². The average molecular weight is 474 g/mol. The van der Waals surface area contributed by atoms with E-state index in [9.17, 15) is 14.4 Å². The number of aromatic amines is 1. The van der Waals surface area contributed by atoms with Crippen molar-refractivity contribution < 1.29 is 9.59 Å². The van der Waals surface area contributed by atoms with Crippen molar-refractivity contribution in [3.63, 3.8) is 0 Å². The van der Waals surface area contributed by atoms with E-state index in [0.717, 1.165) is 26.9 Å². The maximum atomic E-state index is 13.3. The Morgan fingerprint density at radius 2 is 1.81 bits per heavy atom. The molecule has 6 rings (SSSR count). The summed E-state index contributed by atoms with van der Waals surface area (Å²) in [7, 11) is 0. The first kappa shape index (κ1) is 19.8. The highest BCUT2D eigenvalue weighted by Crippen LogP contribution is 2.68. The summed E-state index contributed by atoms with van der Waals surface area (Å²) < 4.78 is 0. The monoisotopic (exact) mass is 473 g/mol. The summed E-state index contributed by atoms with van der Waals surface area (Å²) in [6.45, 7) is 4.36. The molecule has 2 aliphatic carbocycles. The lowest BCUT2D eigenvalue weighted by molar-refractivity contribution is -0.140. The summed E-state index contributed by atoms with van der Waals surface area (Å²) in [5.74, 6) is -0.448. The number of imide groups is 1. The number of nitrogens with zero attached hydrogens (tertiary/aromatic N) is 2. The molecule has 2 saturated carbocycles. The van der Waals surface area contributed by atoms with Gasteiger partial charge in [-0.3, -0.25) is 14.4 Å². The Balaban J connectivity index is 1.33. The minimum absolute atomic E-state index is 0.0343. The fourth-order valence-corrected chi connectivity index (χ4v) is 9.70. The van der Waals surface area contributed by atoms with E-state index in [1.54, 1.807) is 42.2 Å². The Morgan fingerprint density at radius 3 is 2.52 bits per heavy atom. The second kappa shape index (κ2) is 6.56. The SMILES string of the molecule is CC1(C)c2sc(=O)[nH]c2SC2C1[C@H]1C[C@H]2C2C(=O)N(/N=C/c3ccc(Cl)cc3)C(=O)C21. The molecule has 4 unspecified atom stereocenters. The van der Waals surface area contributed by atoms with Crippen molar-refractivity contribution in [2.45, 2.75) is 36.0 Å². The fraction of sp³-hybridized carbons (Fsp3) is 0.455. The number of amides is 2. The number of benzene rings is 1. The van der Waals surface area contributed by atoms with Crippen LogP contribution >= 0.6 is 34.7 Å². The Morgan fingerprint density at radius 1 is 1.13 bits per heavy atom. The van der Waals surface area contributed by atoms with E-state index in [0.29, 0.717) is 5.02 Å². The zero-order chi connectivity index (χ0) is 21.7. The largest absolute Gasteiger partial charge is 0.307 e. The van der Waals surface area contributed by atoms with Crippen LogP contribution in [0.15, 0.2) is 39.2 Å². The molecule has 1 saturated heterocycles. The molecule has 9 heteroatoms. The summed E-state index contributed by atoms with van der Waals surface area (Å²) >= 11 is 8.90. The van der Waals surface area contributed by atoms with Gasteiger partial charge >= 0.3 is 4.87 Å². The summed E-state index contributed by atoms with van der Waals surface area (Å²) in [5.41, 5.74) is 0.576. The van der Waals surface area contributed by atoms with Gasteiger partial charge in [0.05, 0.1) is 23.1 Å². The number of hydrogen-bond donors (Lipinski definition) is 1. The van der Waals surface area contributed by atoms with Crippen LogP contribution in [-0.4, -0.2) is 33.3 Å². The lowest BCUT2D eigenvalue weighted by atomic mass is 9.64. The van der Waals surface area contributed by atoms with E-state index in [1.165, 1.54) is 11.3 Å². The first-order valence-corrected chi connectivity index (χ1v) is 12.4. The zero-order valence-corrected chi connectivity index (χ0v) is 19.3. The van der Waals surface area contributed by atoms with E-state index in [4.69, 9.17) is 11.6 Å². The molecule has 4 aliphatic rings. The lowest BCUT2D eigenvalue weighted by Crippen LogP contribution is -2.48. The molecule has 1 aromatic carbocycles. The first-order valence-electron chi connectivity index (χ1n) is 10.3. The Labute approximate surface area is 192 Å². The Kier molecular flexibility index (Phi) is 4.18. The van der Waals surface area contributed by atoms with Crippen LogP contribution in [0.2, 0.25) is 5.02 Å². The van der Waals surface area contributed by atoms with E-state index in [1.807, 2.05) is 0 Å².